The molecule has 0 aromatic heterocycles. The van der Waals surface area contributed by atoms with Crippen molar-refractivity contribution in [1.29, 1.82) is 0 Å². The number of hydrogen-bond donors (Lipinski definition) is 8. The van der Waals surface area contributed by atoms with Crippen LogP contribution in [0.15, 0.2) is 23.3 Å². The number of aliphatic hydroxyl groups is 8. The van der Waals surface area contributed by atoms with Crippen molar-refractivity contribution in [2.75, 3.05) is 13.2 Å². The topological polar surface area (TPSA) is 199 Å². The van der Waals surface area contributed by atoms with Crippen molar-refractivity contribution < 1.29 is 59.8 Å². The Balaban J connectivity index is 1.30. The van der Waals surface area contributed by atoms with Crippen LogP contribution in [0.25, 0.3) is 0 Å². The van der Waals surface area contributed by atoms with E-state index in [0.717, 1.165) is 57.8 Å². The van der Waals surface area contributed by atoms with Crippen molar-refractivity contribution in [1.82, 2.24) is 0 Å². The first-order valence-electron chi connectivity index (χ1n) is 20.5. The predicted molar refractivity (Wildman–Crippen MR) is 202 cm³/mol. The van der Waals surface area contributed by atoms with Gasteiger partial charge in [-0.1, -0.05) is 51.0 Å². The molecule has 54 heavy (non-hydrogen) atoms. The highest BCUT2D eigenvalue weighted by atomic mass is 16.8. The summed E-state index contributed by atoms with van der Waals surface area (Å²) < 4.78 is 24.3. The zero-order chi connectivity index (χ0) is 40.0. The molecule has 8 N–H and O–H groups in total. The molecule has 0 bridgehead atoms. The number of ether oxygens (including phenoxy) is 4. The second kappa shape index (κ2) is 17.1. The molecule has 0 aromatic rings. The summed E-state index contributed by atoms with van der Waals surface area (Å²) in [7, 11) is 0. The summed E-state index contributed by atoms with van der Waals surface area (Å²) in [5.41, 5.74) is 1.55. The van der Waals surface area contributed by atoms with Gasteiger partial charge in [0, 0.05) is 0 Å². The monoisotopic (exact) mass is 769 g/mol. The smallest absolute Gasteiger partial charge is 0.187 e. The first-order chi connectivity index (χ1) is 25.2. The summed E-state index contributed by atoms with van der Waals surface area (Å²) in [6.07, 6.45) is -1.41. The van der Waals surface area contributed by atoms with E-state index in [2.05, 4.69) is 67.5 Å². The molecular formula is C42H72O12. The molecule has 0 radical (unpaired) electrons. The lowest BCUT2D eigenvalue weighted by Crippen LogP contribution is -2.66. The van der Waals surface area contributed by atoms with Crippen molar-refractivity contribution in [2.45, 2.75) is 193 Å². The summed E-state index contributed by atoms with van der Waals surface area (Å²) in [6.45, 7) is 16.5. The van der Waals surface area contributed by atoms with Gasteiger partial charge < -0.3 is 59.8 Å². The Bertz CT molecular complexity index is 1310. The summed E-state index contributed by atoms with van der Waals surface area (Å²) in [5.74, 6) is 0.892. The zero-order valence-corrected chi connectivity index (χ0v) is 33.9. The van der Waals surface area contributed by atoms with E-state index in [0.29, 0.717) is 12.3 Å². The van der Waals surface area contributed by atoms with Gasteiger partial charge in [0.1, 0.15) is 48.8 Å². The molecule has 312 valence electrons. The molecule has 5 aliphatic rings. The van der Waals surface area contributed by atoms with Gasteiger partial charge in [0.05, 0.1) is 24.9 Å². The van der Waals surface area contributed by atoms with Crippen LogP contribution < -0.4 is 0 Å². The third-order valence-corrected chi connectivity index (χ3v) is 14.8. The van der Waals surface area contributed by atoms with E-state index in [4.69, 9.17) is 18.9 Å². The van der Waals surface area contributed by atoms with Gasteiger partial charge in [-0.3, -0.25) is 0 Å². The van der Waals surface area contributed by atoms with Crippen LogP contribution in [-0.4, -0.2) is 127 Å². The number of aliphatic hydroxyl groups excluding tert-OH is 7. The van der Waals surface area contributed by atoms with Crippen LogP contribution in [0.4, 0.5) is 0 Å². The van der Waals surface area contributed by atoms with Crippen LogP contribution in [0.5, 0.6) is 0 Å². The lowest BCUT2D eigenvalue weighted by molar-refractivity contribution is -0.378. The Morgan fingerprint density at radius 2 is 1.31 bits per heavy atom. The predicted octanol–water partition coefficient (Wildman–Crippen LogP) is 3.49. The van der Waals surface area contributed by atoms with E-state index in [1.807, 2.05) is 0 Å². The van der Waals surface area contributed by atoms with Gasteiger partial charge in [0.25, 0.3) is 0 Å². The van der Waals surface area contributed by atoms with E-state index in [-0.39, 0.29) is 34.2 Å². The van der Waals surface area contributed by atoms with E-state index >= 15 is 0 Å². The van der Waals surface area contributed by atoms with Crippen molar-refractivity contribution in [2.24, 2.45) is 34.0 Å². The van der Waals surface area contributed by atoms with E-state index in [9.17, 15) is 40.9 Å². The quantitative estimate of drug-likeness (QED) is 0.100. The van der Waals surface area contributed by atoms with Crippen molar-refractivity contribution in [3.8, 4) is 0 Å². The van der Waals surface area contributed by atoms with Gasteiger partial charge in [-0.25, -0.2) is 0 Å². The molecule has 2 saturated heterocycles. The van der Waals surface area contributed by atoms with Crippen LogP contribution in [-0.2, 0) is 18.9 Å². The molecule has 2 aliphatic heterocycles. The van der Waals surface area contributed by atoms with Crippen molar-refractivity contribution >= 4 is 0 Å². The molecule has 17 atom stereocenters. The molecule has 12 nitrogen and oxygen atoms in total. The molecule has 0 aromatic carbocycles. The molecule has 3 saturated carbocycles. The van der Waals surface area contributed by atoms with E-state index in [1.165, 1.54) is 11.1 Å². The van der Waals surface area contributed by atoms with Gasteiger partial charge in [0.2, 0.25) is 0 Å². The van der Waals surface area contributed by atoms with Crippen LogP contribution in [0.2, 0.25) is 0 Å². The minimum Gasteiger partial charge on any atom is -0.394 e. The van der Waals surface area contributed by atoms with Crippen LogP contribution >= 0.6 is 0 Å². The van der Waals surface area contributed by atoms with Crippen molar-refractivity contribution in [3.05, 3.63) is 23.3 Å². The fourth-order valence-corrected chi connectivity index (χ4v) is 11.9. The lowest BCUT2D eigenvalue weighted by Gasteiger charge is -2.64. The third kappa shape index (κ3) is 8.43. The molecule has 3 aliphatic carbocycles. The highest BCUT2D eigenvalue weighted by molar-refractivity contribution is 5.15. The molecule has 5 fully saturated rings. The molecule has 2 heterocycles. The Hall–Kier alpha value is -1.00. The molecule has 0 amide bonds. The summed E-state index contributed by atoms with van der Waals surface area (Å²) in [5, 5.41) is 85.2. The molecular weight excluding hydrogens is 696 g/mol. The average molecular weight is 769 g/mol. The van der Waals surface area contributed by atoms with Gasteiger partial charge in [-0.05, 0) is 126 Å². The second-order valence-corrected chi connectivity index (χ2v) is 19.0. The maximum Gasteiger partial charge on any atom is 0.187 e. The maximum absolute atomic E-state index is 12.1. The Morgan fingerprint density at radius 3 is 1.94 bits per heavy atom. The minimum absolute atomic E-state index is 0.00779. The largest absolute Gasteiger partial charge is 0.394 e. The highest BCUT2D eigenvalue weighted by Crippen LogP contribution is 2.71. The number of allylic oxidation sites excluding steroid dienone is 4. The first-order valence-corrected chi connectivity index (χ1v) is 20.5. The Morgan fingerprint density at radius 1 is 0.704 bits per heavy atom. The maximum atomic E-state index is 12.1. The summed E-state index contributed by atoms with van der Waals surface area (Å²) in [4.78, 5) is 0. The van der Waals surface area contributed by atoms with Gasteiger partial charge in [-0.2, -0.15) is 0 Å². The molecule has 0 spiro atoms. The SMILES string of the molecule is CC(C)=CCC/C(C)=C/CC[C@@](C)(O)[C@@H]1CC[C@H]2[C@@]1(C)CC[C@H]1C(C)(C)[C@@H](O[C@@H]3O[C@H](CO)[C@@H](O)[C@H](O)[C@H]3O[C@@H]3O[C@H](CO)[C@@H](O)[C@H](O)[C@H]3O)CC[C@]21C. The zero-order valence-electron chi connectivity index (χ0n) is 33.9. The van der Waals surface area contributed by atoms with Gasteiger partial charge in [-0.15, -0.1) is 0 Å². The number of rotatable bonds is 13. The van der Waals surface area contributed by atoms with E-state index in [1.54, 1.807) is 0 Å². The van der Waals surface area contributed by atoms with Gasteiger partial charge in [0.15, 0.2) is 12.6 Å². The van der Waals surface area contributed by atoms with Crippen LogP contribution in [0.3, 0.4) is 0 Å². The standard InChI is InChI=1S/C42H72O12/c1-23(2)11-9-12-24(3)13-10-18-42(8,50)29-15-14-28-40(6)20-17-30(39(4,5)27(40)16-19-41(28,29)7)53-38-36(34(48)32(46)26(22-44)52-38)54-37-35(49)33(47)31(45)25(21-43)51-37/h11,13,25-38,43-50H,9-10,12,14-22H2,1-8H3/b24-13+/t25-,26-,27+,28-,29-,30+,31-,32-,33+,34+,35-,36-,37+,38+,40+,41-,42-/m1/s1. The van der Waals surface area contributed by atoms with Gasteiger partial charge >= 0.3 is 0 Å². The van der Waals surface area contributed by atoms with Crippen LogP contribution in [0, 0.1) is 34.0 Å². The Labute approximate surface area is 322 Å². The average Bonchev–Trinajstić information content (AvgIpc) is 3.48. The summed E-state index contributed by atoms with van der Waals surface area (Å²) in [6, 6.07) is 0. The van der Waals surface area contributed by atoms with Crippen LogP contribution in [0.1, 0.15) is 120 Å². The number of hydrogen-bond acceptors (Lipinski definition) is 12. The fourth-order valence-electron chi connectivity index (χ4n) is 11.9. The first kappa shape index (κ1) is 44.1. The molecule has 5 rings (SSSR count). The Kier molecular flexibility index (Phi) is 13.9. The normalized spacial score (nSPS) is 46.3. The second-order valence-electron chi connectivity index (χ2n) is 19.0. The summed E-state index contributed by atoms with van der Waals surface area (Å²) >= 11 is 0. The highest BCUT2D eigenvalue weighted by Gasteiger charge is 2.66. The lowest BCUT2D eigenvalue weighted by atomic mass is 9.42. The number of fused-ring (bicyclic) bond motifs is 3. The third-order valence-electron chi connectivity index (χ3n) is 14.8. The fraction of sp³-hybridized carbons (Fsp3) is 0.905. The molecule has 12 heteroatoms. The van der Waals surface area contributed by atoms with E-state index < -0.39 is 80.2 Å². The molecule has 0 unspecified atom stereocenters. The minimum atomic E-state index is -1.74. The van der Waals surface area contributed by atoms with Crippen molar-refractivity contribution in [3.63, 3.8) is 0 Å².